The molecule has 0 aliphatic carbocycles. The van der Waals surface area contributed by atoms with Crippen molar-refractivity contribution in [3.63, 3.8) is 0 Å². The van der Waals surface area contributed by atoms with Gasteiger partial charge in [0, 0.05) is 38.1 Å². The monoisotopic (exact) mass is 458 g/mol. The van der Waals surface area contributed by atoms with Crippen LogP contribution in [0.15, 0.2) is 78.5 Å². The molecule has 0 bridgehead atoms. The van der Waals surface area contributed by atoms with Crippen LogP contribution in [0.5, 0.6) is 0 Å². The van der Waals surface area contributed by atoms with Crippen LogP contribution in [0.2, 0.25) is 0 Å². The van der Waals surface area contributed by atoms with Crippen molar-refractivity contribution in [2.45, 2.75) is 6.92 Å². The summed E-state index contributed by atoms with van der Waals surface area (Å²) in [6.07, 6.45) is 0. The van der Waals surface area contributed by atoms with Crippen LogP contribution >= 0.6 is 0 Å². The van der Waals surface area contributed by atoms with Crippen molar-refractivity contribution in [3.8, 4) is 0 Å². The maximum Gasteiger partial charge on any atom is 0.282 e. The number of amides is 3. The zero-order valence-corrected chi connectivity index (χ0v) is 18.9. The van der Waals surface area contributed by atoms with Crippen molar-refractivity contribution < 1.29 is 18.8 Å². The molecule has 0 aromatic heterocycles. The summed E-state index contributed by atoms with van der Waals surface area (Å²) >= 11 is 0. The van der Waals surface area contributed by atoms with E-state index in [-0.39, 0.29) is 22.9 Å². The summed E-state index contributed by atoms with van der Waals surface area (Å²) in [6, 6.07) is 19.3. The predicted octanol–water partition coefficient (Wildman–Crippen LogP) is 4.25. The van der Waals surface area contributed by atoms with Crippen LogP contribution in [0.4, 0.5) is 27.1 Å². The van der Waals surface area contributed by atoms with Crippen molar-refractivity contribution >= 4 is 46.0 Å². The minimum absolute atomic E-state index is 0.0825. The quantitative estimate of drug-likeness (QED) is 0.540. The second-order valence-electron chi connectivity index (χ2n) is 8.00. The highest BCUT2D eigenvalue weighted by atomic mass is 19.1. The molecule has 2 N–H and O–H groups in total. The van der Waals surface area contributed by atoms with E-state index in [4.69, 9.17) is 0 Å². The van der Waals surface area contributed by atoms with Crippen LogP contribution in [0.3, 0.4) is 0 Å². The van der Waals surface area contributed by atoms with Crippen LogP contribution in [0.25, 0.3) is 5.57 Å². The Kier molecular flexibility index (Phi) is 6.14. The van der Waals surface area contributed by atoms with E-state index in [1.165, 1.54) is 25.1 Å². The molecule has 7 nitrogen and oxygen atoms in total. The lowest BCUT2D eigenvalue weighted by Crippen LogP contribution is -2.32. The predicted molar refractivity (Wildman–Crippen MR) is 131 cm³/mol. The number of anilines is 4. The number of rotatable bonds is 6. The lowest BCUT2D eigenvalue weighted by Gasteiger charge is -2.16. The Bertz CT molecular complexity index is 1300. The second kappa shape index (κ2) is 9.19. The van der Waals surface area contributed by atoms with Crippen molar-refractivity contribution in [3.05, 3.63) is 89.9 Å². The van der Waals surface area contributed by atoms with Crippen molar-refractivity contribution in [1.82, 2.24) is 0 Å². The first-order valence-electron chi connectivity index (χ1n) is 10.6. The Balaban J connectivity index is 1.76. The Labute approximate surface area is 196 Å². The minimum atomic E-state index is -0.590. The molecule has 3 aromatic carbocycles. The molecule has 0 atom stereocenters. The maximum absolute atomic E-state index is 13.9. The zero-order valence-electron chi connectivity index (χ0n) is 18.9. The maximum atomic E-state index is 13.9. The number of carbonyl (C=O) groups is 3. The highest BCUT2D eigenvalue weighted by molar-refractivity contribution is 6.46. The number of imide groups is 1. The van der Waals surface area contributed by atoms with Gasteiger partial charge < -0.3 is 15.5 Å². The van der Waals surface area contributed by atoms with Crippen LogP contribution in [0, 0.1) is 5.82 Å². The molecule has 0 radical (unpaired) electrons. The summed E-state index contributed by atoms with van der Waals surface area (Å²) in [5.74, 6) is -1.94. The number of nitrogens with zero attached hydrogens (tertiary/aromatic N) is 2. The third kappa shape index (κ3) is 4.52. The van der Waals surface area contributed by atoms with Gasteiger partial charge >= 0.3 is 0 Å². The highest BCUT2D eigenvalue weighted by Gasteiger charge is 2.40. The van der Waals surface area contributed by atoms with Gasteiger partial charge in [0.05, 0.1) is 11.3 Å². The lowest BCUT2D eigenvalue weighted by atomic mass is 10.0. The van der Waals surface area contributed by atoms with Gasteiger partial charge in [-0.3, -0.25) is 14.4 Å². The summed E-state index contributed by atoms with van der Waals surface area (Å²) < 4.78 is 13.9. The fourth-order valence-corrected chi connectivity index (χ4v) is 3.67. The molecule has 0 unspecified atom stereocenters. The first-order valence-corrected chi connectivity index (χ1v) is 10.6. The molecule has 1 heterocycles. The fraction of sp³-hybridized carbons (Fsp3) is 0.115. The summed E-state index contributed by atoms with van der Waals surface area (Å²) in [5, 5.41) is 5.75. The van der Waals surface area contributed by atoms with E-state index in [0.717, 1.165) is 16.7 Å². The zero-order chi connectivity index (χ0) is 24.4. The topological polar surface area (TPSA) is 81.8 Å². The standard InChI is InChI=1S/C26H23FN4O3/c1-16(32)28-19-9-7-17(8-10-19)23-24(29-20-11-13-21(14-12-20)30(2)3)26(34)31(25(23)33)22-6-4-5-18(27)15-22/h4-15,29H,1-3H3,(H,28,32). The Morgan fingerprint density at radius 3 is 2.12 bits per heavy atom. The number of hydrogen-bond donors (Lipinski definition) is 2. The lowest BCUT2D eigenvalue weighted by molar-refractivity contribution is -0.120. The molecule has 3 aromatic rings. The van der Waals surface area contributed by atoms with Crippen molar-refractivity contribution in [2.24, 2.45) is 0 Å². The van der Waals surface area contributed by atoms with Gasteiger partial charge in [-0.15, -0.1) is 0 Å². The van der Waals surface area contributed by atoms with Crippen molar-refractivity contribution in [1.29, 1.82) is 0 Å². The average molecular weight is 458 g/mol. The molecule has 1 aliphatic rings. The summed E-state index contributed by atoms with van der Waals surface area (Å²) in [7, 11) is 3.84. The third-order valence-electron chi connectivity index (χ3n) is 5.30. The largest absolute Gasteiger partial charge is 0.378 e. The normalized spacial score (nSPS) is 13.4. The van der Waals surface area contributed by atoms with Crippen LogP contribution < -0.4 is 20.4 Å². The van der Waals surface area contributed by atoms with Gasteiger partial charge in [-0.05, 0) is 60.2 Å². The summed E-state index contributed by atoms with van der Waals surface area (Å²) in [4.78, 5) is 41.1. The number of hydrogen-bond acceptors (Lipinski definition) is 5. The van der Waals surface area contributed by atoms with Gasteiger partial charge in [-0.25, -0.2) is 9.29 Å². The number of halogens is 1. The van der Waals surface area contributed by atoms with E-state index in [9.17, 15) is 18.8 Å². The van der Waals surface area contributed by atoms with Crippen LogP contribution in [0.1, 0.15) is 12.5 Å². The molecule has 4 rings (SSSR count). The molecule has 0 fully saturated rings. The minimum Gasteiger partial charge on any atom is -0.378 e. The summed E-state index contributed by atoms with van der Waals surface area (Å²) in [5.41, 5.74) is 3.02. The van der Waals surface area contributed by atoms with E-state index in [2.05, 4.69) is 10.6 Å². The Morgan fingerprint density at radius 2 is 1.53 bits per heavy atom. The van der Waals surface area contributed by atoms with Gasteiger partial charge in [0.2, 0.25) is 5.91 Å². The molecule has 0 spiro atoms. The molecule has 0 saturated heterocycles. The SMILES string of the molecule is CC(=O)Nc1ccc(C2=C(Nc3ccc(N(C)C)cc3)C(=O)N(c3cccc(F)c3)C2=O)cc1. The first kappa shape index (κ1) is 22.7. The van der Waals surface area contributed by atoms with Gasteiger partial charge in [0.25, 0.3) is 11.8 Å². The van der Waals surface area contributed by atoms with E-state index < -0.39 is 17.6 Å². The van der Waals surface area contributed by atoms with Gasteiger partial charge in [0.15, 0.2) is 0 Å². The smallest absolute Gasteiger partial charge is 0.282 e. The van der Waals surface area contributed by atoms with Gasteiger partial charge in [0.1, 0.15) is 11.5 Å². The first-order chi connectivity index (χ1) is 16.2. The Hall–Kier alpha value is -4.46. The Morgan fingerprint density at radius 1 is 0.882 bits per heavy atom. The second-order valence-corrected chi connectivity index (χ2v) is 8.00. The van der Waals surface area contributed by atoms with E-state index >= 15 is 0 Å². The highest BCUT2D eigenvalue weighted by Crippen LogP contribution is 2.34. The van der Waals surface area contributed by atoms with E-state index in [0.29, 0.717) is 16.9 Å². The van der Waals surface area contributed by atoms with E-state index in [1.54, 1.807) is 24.3 Å². The van der Waals surface area contributed by atoms with Crippen LogP contribution in [-0.4, -0.2) is 31.8 Å². The molecule has 34 heavy (non-hydrogen) atoms. The number of carbonyl (C=O) groups excluding carboxylic acids is 3. The third-order valence-corrected chi connectivity index (χ3v) is 5.30. The van der Waals surface area contributed by atoms with Gasteiger partial charge in [-0.2, -0.15) is 0 Å². The van der Waals surface area contributed by atoms with Crippen LogP contribution in [-0.2, 0) is 14.4 Å². The molecular weight excluding hydrogens is 435 g/mol. The molecule has 1 aliphatic heterocycles. The fourth-order valence-electron chi connectivity index (χ4n) is 3.67. The number of benzene rings is 3. The molecule has 172 valence electrons. The number of nitrogens with one attached hydrogen (secondary N) is 2. The molecule has 3 amide bonds. The van der Waals surface area contributed by atoms with Crippen molar-refractivity contribution in [2.75, 3.05) is 34.5 Å². The molecule has 0 saturated carbocycles. The van der Waals surface area contributed by atoms with E-state index in [1.807, 2.05) is 43.3 Å². The molecule has 8 heteroatoms. The van der Waals surface area contributed by atoms with Gasteiger partial charge in [-0.1, -0.05) is 18.2 Å². The summed E-state index contributed by atoms with van der Waals surface area (Å²) in [6.45, 7) is 1.40. The molecular formula is C26H23FN4O3. The average Bonchev–Trinajstić information content (AvgIpc) is 3.03.